The zero-order valence-corrected chi connectivity index (χ0v) is 11.5. The van der Waals surface area contributed by atoms with E-state index in [9.17, 15) is 0 Å². The molecule has 0 atom stereocenters. The Kier molecular flexibility index (Phi) is 5.94. The van der Waals surface area contributed by atoms with Crippen molar-refractivity contribution in [2.24, 2.45) is 5.92 Å². The fraction of sp³-hybridized carbons (Fsp3) is 0.462. The van der Waals surface area contributed by atoms with Gasteiger partial charge in [0.05, 0.1) is 0 Å². The van der Waals surface area contributed by atoms with E-state index < -0.39 is 0 Å². The van der Waals surface area contributed by atoms with Crippen LogP contribution in [0.1, 0.15) is 19.4 Å². The number of rotatable bonds is 5. The Morgan fingerprint density at radius 2 is 1.88 bits per heavy atom. The molecule has 3 nitrogen and oxygen atoms in total. The predicted molar refractivity (Wildman–Crippen MR) is 78.3 cm³/mol. The van der Waals surface area contributed by atoms with Crippen LogP contribution in [0, 0.1) is 5.92 Å². The zero-order chi connectivity index (χ0) is 12.7. The van der Waals surface area contributed by atoms with Crippen molar-refractivity contribution < 1.29 is 0 Å². The van der Waals surface area contributed by atoms with Crippen molar-refractivity contribution in [1.29, 1.82) is 0 Å². The number of hydrogen-bond donors (Lipinski definition) is 3. The van der Waals surface area contributed by atoms with E-state index in [1.165, 1.54) is 5.56 Å². The minimum Gasteiger partial charge on any atom is -0.362 e. The Morgan fingerprint density at radius 1 is 1.24 bits per heavy atom. The van der Waals surface area contributed by atoms with Gasteiger partial charge in [-0.15, -0.1) is 0 Å². The molecule has 0 heterocycles. The lowest BCUT2D eigenvalue weighted by atomic mass is 10.2. The van der Waals surface area contributed by atoms with Gasteiger partial charge in [0, 0.05) is 18.8 Å². The molecule has 0 saturated carbocycles. The Balaban J connectivity index is 2.43. The fourth-order valence-electron chi connectivity index (χ4n) is 1.38. The van der Waals surface area contributed by atoms with E-state index in [4.69, 9.17) is 12.2 Å². The molecule has 0 amide bonds. The maximum Gasteiger partial charge on any atom is 0.170 e. The maximum absolute atomic E-state index is 5.20. The average Bonchev–Trinajstić information content (AvgIpc) is 2.29. The second-order valence-electron chi connectivity index (χ2n) is 4.46. The smallest absolute Gasteiger partial charge is 0.170 e. The Bertz CT molecular complexity index is 346. The summed E-state index contributed by atoms with van der Waals surface area (Å²) in [6.45, 7) is 6.09. The maximum atomic E-state index is 5.20. The van der Waals surface area contributed by atoms with Gasteiger partial charge in [-0.2, -0.15) is 0 Å². The van der Waals surface area contributed by atoms with Crippen molar-refractivity contribution in [3.63, 3.8) is 0 Å². The molecule has 0 aliphatic rings. The van der Waals surface area contributed by atoms with E-state index in [2.05, 4.69) is 41.9 Å². The molecule has 0 aliphatic carbocycles. The van der Waals surface area contributed by atoms with E-state index in [1.54, 1.807) is 0 Å². The monoisotopic (exact) mass is 251 g/mol. The average molecular weight is 251 g/mol. The van der Waals surface area contributed by atoms with Crippen LogP contribution in [0.25, 0.3) is 0 Å². The highest BCUT2D eigenvalue weighted by Gasteiger charge is 1.99. The van der Waals surface area contributed by atoms with Crippen molar-refractivity contribution in [3.05, 3.63) is 29.8 Å². The van der Waals surface area contributed by atoms with Gasteiger partial charge >= 0.3 is 0 Å². The van der Waals surface area contributed by atoms with Crippen LogP contribution in [0.4, 0.5) is 5.69 Å². The van der Waals surface area contributed by atoms with Gasteiger partial charge in [0.1, 0.15) is 0 Å². The third-order valence-corrected chi connectivity index (χ3v) is 2.51. The first-order valence-electron chi connectivity index (χ1n) is 5.90. The summed E-state index contributed by atoms with van der Waals surface area (Å²) in [5.41, 5.74) is 2.28. The van der Waals surface area contributed by atoms with E-state index >= 15 is 0 Å². The molecular formula is C13H21N3S. The molecule has 1 aromatic rings. The molecule has 0 unspecified atom stereocenters. The molecule has 0 aliphatic heterocycles. The Morgan fingerprint density at radius 3 is 2.41 bits per heavy atom. The topological polar surface area (TPSA) is 36.1 Å². The summed E-state index contributed by atoms with van der Waals surface area (Å²) in [7, 11) is 1.94. The summed E-state index contributed by atoms with van der Waals surface area (Å²) in [4.78, 5) is 0. The van der Waals surface area contributed by atoms with Crippen molar-refractivity contribution >= 4 is 23.0 Å². The SMILES string of the molecule is CNCc1ccc(NC(=S)NCC(C)C)cc1. The first-order chi connectivity index (χ1) is 8.11. The standard InChI is InChI=1S/C13H21N3S/c1-10(2)8-15-13(17)16-12-6-4-11(5-7-12)9-14-3/h4-7,10,14H,8-9H2,1-3H3,(H2,15,16,17). The molecule has 1 aromatic carbocycles. The van der Waals surface area contributed by atoms with E-state index in [0.717, 1.165) is 18.8 Å². The molecule has 0 fully saturated rings. The number of benzene rings is 1. The summed E-state index contributed by atoms with van der Waals surface area (Å²) < 4.78 is 0. The van der Waals surface area contributed by atoms with Crippen LogP contribution in [0.15, 0.2) is 24.3 Å². The van der Waals surface area contributed by atoms with E-state index in [-0.39, 0.29) is 0 Å². The quantitative estimate of drug-likeness (QED) is 0.702. The van der Waals surface area contributed by atoms with Crippen LogP contribution in [-0.2, 0) is 6.54 Å². The van der Waals surface area contributed by atoms with Crippen molar-refractivity contribution in [2.75, 3.05) is 18.9 Å². The molecule has 0 aromatic heterocycles. The first-order valence-corrected chi connectivity index (χ1v) is 6.31. The van der Waals surface area contributed by atoms with Crippen LogP contribution in [0.2, 0.25) is 0 Å². The molecular weight excluding hydrogens is 230 g/mol. The number of thiocarbonyl (C=S) groups is 1. The Labute approximate surface area is 109 Å². The third kappa shape index (κ3) is 5.65. The van der Waals surface area contributed by atoms with Crippen LogP contribution < -0.4 is 16.0 Å². The molecule has 0 saturated heterocycles. The van der Waals surface area contributed by atoms with Gasteiger partial charge in [0.25, 0.3) is 0 Å². The Hall–Kier alpha value is -1.13. The van der Waals surface area contributed by atoms with Crippen LogP contribution >= 0.6 is 12.2 Å². The molecule has 1 rings (SSSR count). The lowest BCUT2D eigenvalue weighted by molar-refractivity contribution is 0.627. The zero-order valence-electron chi connectivity index (χ0n) is 10.7. The highest BCUT2D eigenvalue weighted by molar-refractivity contribution is 7.80. The predicted octanol–water partition coefficient (Wildman–Crippen LogP) is 2.35. The largest absolute Gasteiger partial charge is 0.362 e. The minimum absolute atomic E-state index is 0.591. The van der Waals surface area contributed by atoms with Gasteiger partial charge in [0.2, 0.25) is 0 Å². The lowest BCUT2D eigenvalue weighted by Gasteiger charge is -2.12. The van der Waals surface area contributed by atoms with Gasteiger partial charge in [-0.3, -0.25) is 0 Å². The van der Waals surface area contributed by atoms with Gasteiger partial charge in [-0.25, -0.2) is 0 Å². The minimum atomic E-state index is 0.591. The van der Waals surface area contributed by atoms with Crippen molar-refractivity contribution in [3.8, 4) is 0 Å². The molecule has 4 heteroatoms. The van der Waals surface area contributed by atoms with Crippen molar-refractivity contribution in [2.45, 2.75) is 20.4 Å². The molecule has 94 valence electrons. The first kappa shape index (κ1) is 13.9. The molecule has 17 heavy (non-hydrogen) atoms. The van der Waals surface area contributed by atoms with E-state index in [1.807, 2.05) is 19.2 Å². The summed E-state index contributed by atoms with van der Waals surface area (Å²) in [5.74, 6) is 0.591. The highest BCUT2D eigenvalue weighted by atomic mass is 32.1. The molecule has 0 radical (unpaired) electrons. The number of anilines is 1. The summed E-state index contributed by atoms with van der Waals surface area (Å²) in [6.07, 6.45) is 0. The van der Waals surface area contributed by atoms with Crippen LogP contribution in [-0.4, -0.2) is 18.7 Å². The molecule has 0 spiro atoms. The fourth-order valence-corrected chi connectivity index (χ4v) is 1.58. The van der Waals surface area contributed by atoms with Gasteiger partial charge in [-0.1, -0.05) is 26.0 Å². The summed E-state index contributed by atoms with van der Waals surface area (Å²) in [5, 5.41) is 10.1. The van der Waals surface area contributed by atoms with Crippen LogP contribution in [0.5, 0.6) is 0 Å². The van der Waals surface area contributed by atoms with E-state index in [0.29, 0.717) is 11.0 Å². The number of nitrogens with one attached hydrogen (secondary N) is 3. The number of hydrogen-bond acceptors (Lipinski definition) is 2. The molecule has 3 N–H and O–H groups in total. The second-order valence-corrected chi connectivity index (χ2v) is 4.86. The normalized spacial score (nSPS) is 10.4. The van der Waals surface area contributed by atoms with Crippen LogP contribution in [0.3, 0.4) is 0 Å². The lowest BCUT2D eigenvalue weighted by Crippen LogP contribution is -2.31. The second kappa shape index (κ2) is 7.25. The van der Waals surface area contributed by atoms with Gasteiger partial charge in [-0.05, 0) is 42.9 Å². The summed E-state index contributed by atoms with van der Waals surface area (Å²) >= 11 is 5.20. The highest BCUT2D eigenvalue weighted by Crippen LogP contribution is 2.09. The third-order valence-electron chi connectivity index (χ3n) is 2.26. The summed E-state index contributed by atoms with van der Waals surface area (Å²) in [6, 6.07) is 8.25. The molecule has 0 bridgehead atoms. The van der Waals surface area contributed by atoms with Gasteiger partial charge < -0.3 is 16.0 Å². The van der Waals surface area contributed by atoms with Crippen molar-refractivity contribution in [1.82, 2.24) is 10.6 Å². The van der Waals surface area contributed by atoms with Gasteiger partial charge in [0.15, 0.2) is 5.11 Å².